The molecule has 1 rings (SSSR count). The molecule has 0 spiro atoms. The van der Waals surface area contributed by atoms with Crippen LogP contribution in [0.4, 0.5) is 25.1 Å². The number of nitrogens with zero attached hydrogens (tertiary/aromatic N) is 4. The number of rotatable bonds is 7. The molecule has 0 unspecified atom stereocenters. The Kier molecular flexibility index (Phi) is 5.90. The number of anilines is 2. The molecule has 8 nitrogen and oxygen atoms in total. The molecular formula is C10H17F3N6O2. The lowest BCUT2D eigenvalue weighted by molar-refractivity contribution is -0.120. The molecule has 0 aliphatic carbocycles. The van der Waals surface area contributed by atoms with Gasteiger partial charge in [0.2, 0.25) is 11.9 Å². The quantitative estimate of drug-likeness (QED) is 0.487. The summed E-state index contributed by atoms with van der Waals surface area (Å²) in [5, 5.41) is 8.88. The van der Waals surface area contributed by atoms with Crippen LogP contribution in [0.1, 0.15) is 13.8 Å². The van der Waals surface area contributed by atoms with Gasteiger partial charge in [0, 0.05) is 6.54 Å². The standard InChI is InChI=1S/C10H17F3N6O2/c1-6(2)21-9-16-7(18-14)15-8(17-9)19(3-4-20)5-10(11,12)13/h6,20H,3-5,14H2,1-2H3,(H,15,16,17,18). The van der Waals surface area contributed by atoms with E-state index in [0.717, 1.165) is 4.90 Å². The largest absolute Gasteiger partial charge is 0.461 e. The van der Waals surface area contributed by atoms with Gasteiger partial charge < -0.3 is 14.7 Å². The number of aliphatic hydroxyl groups excluding tert-OH is 1. The summed E-state index contributed by atoms with van der Waals surface area (Å²) >= 11 is 0. The van der Waals surface area contributed by atoms with Gasteiger partial charge in [0.25, 0.3) is 0 Å². The van der Waals surface area contributed by atoms with E-state index in [1.54, 1.807) is 13.8 Å². The second-order valence-corrected chi connectivity index (χ2v) is 4.31. The Morgan fingerprint density at radius 2 is 2.00 bits per heavy atom. The van der Waals surface area contributed by atoms with Crippen LogP contribution in [0.25, 0.3) is 0 Å². The predicted molar refractivity (Wildman–Crippen MR) is 68.8 cm³/mol. The molecule has 0 atom stereocenters. The summed E-state index contributed by atoms with van der Waals surface area (Å²) in [4.78, 5) is 12.1. The van der Waals surface area contributed by atoms with E-state index < -0.39 is 19.3 Å². The third-order valence-electron chi connectivity index (χ3n) is 2.10. The van der Waals surface area contributed by atoms with Gasteiger partial charge in [-0.05, 0) is 13.8 Å². The molecule has 0 amide bonds. The lowest BCUT2D eigenvalue weighted by atomic mass is 10.5. The number of aromatic nitrogens is 3. The van der Waals surface area contributed by atoms with Crippen molar-refractivity contribution in [3.63, 3.8) is 0 Å². The molecule has 1 aromatic heterocycles. The summed E-state index contributed by atoms with van der Waals surface area (Å²) in [6.07, 6.45) is -4.75. The molecule has 0 radical (unpaired) electrons. The monoisotopic (exact) mass is 310 g/mol. The van der Waals surface area contributed by atoms with Crippen molar-refractivity contribution >= 4 is 11.9 Å². The van der Waals surface area contributed by atoms with E-state index in [0.29, 0.717) is 0 Å². The fourth-order valence-corrected chi connectivity index (χ4v) is 1.40. The highest BCUT2D eigenvalue weighted by atomic mass is 19.4. The van der Waals surface area contributed by atoms with Gasteiger partial charge in [0.1, 0.15) is 6.54 Å². The maximum Gasteiger partial charge on any atom is 0.406 e. The van der Waals surface area contributed by atoms with Crippen LogP contribution in [0.15, 0.2) is 0 Å². The normalized spacial score (nSPS) is 11.6. The lowest BCUT2D eigenvalue weighted by Gasteiger charge is -2.23. The Labute approximate surface area is 119 Å². The lowest BCUT2D eigenvalue weighted by Crippen LogP contribution is -2.37. The van der Waals surface area contributed by atoms with Crippen LogP contribution in [0, 0.1) is 0 Å². The number of alkyl halides is 3. The molecule has 11 heteroatoms. The molecule has 0 bridgehead atoms. The van der Waals surface area contributed by atoms with Crippen molar-refractivity contribution in [3.8, 4) is 6.01 Å². The van der Waals surface area contributed by atoms with Crippen molar-refractivity contribution < 1.29 is 23.0 Å². The van der Waals surface area contributed by atoms with Gasteiger partial charge in [0.05, 0.1) is 12.7 Å². The summed E-state index contributed by atoms with van der Waals surface area (Å²) in [7, 11) is 0. The van der Waals surface area contributed by atoms with Gasteiger partial charge in [-0.25, -0.2) is 5.84 Å². The van der Waals surface area contributed by atoms with Crippen LogP contribution in [-0.2, 0) is 0 Å². The number of nitrogens with one attached hydrogen (secondary N) is 1. The Morgan fingerprint density at radius 1 is 1.33 bits per heavy atom. The third-order valence-corrected chi connectivity index (χ3v) is 2.10. The Hall–Kier alpha value is -1.88. The van der Waals surface area contributed by atoms with E-state index in [2.05, 4.69) is 20.4 Å². The average Bonchev–Trinajstić information content (AvgIpc) is 2.35. The van der Waals surface area contributed by atoms with Crippen LogP contribution < -0.4 is 20.9 Å². The maximum absolute atomic E-state index is 12.5. The van der Waals surface area contributed by atoms with Gasteiger partial charge in [-0.15, -0.1) is 0 Å². The van der Waals surface area contributed by atoms with Crippen LogP contribution in [-0.4, -0.2) is 52.0 Å². The van der Waals surface area contributed by atoms with Crippen LogP contribution in [0.5, 0.6) is 6.01 Å². The number of ether oxygens (including phenoxy) is 1. The van der Waals surface area contributed by atoms with E-state index in [1.807, 2.05) is 0 Å². The van der Waals surface area contributed by atoms with Crippen molar-refractivity contribution in [1.29, 1.82) is 0 Å². The number of hydrazine groups is 1. The highest BCUT2D eigenvalue weighted by Crippen LogP contribution is 2.21. The average molecular weight is 310 g/mol. The van der Waals surface area contributed by atoms with Gasteiger partial charge in [-0.1, -0.05) is 0 Å². The van der Waals surface area contributed by atoms with Crippen LogP contribution in [0.3, 0.4) is 0 Å². The number of nitrogen functional groups attached to an aromatic ring is 1. The second-order valence-electron chi connectivity index (χ2n) is 4.31. The van der Waals surface area contributed by atoms with Crippen LogP contribution >= 0.6 is 0 Å². The maximum atomic E-state index is 12.5. The number of hydrogen-bond acceptors (Lipinski definition) is 8. The highest BCUT2D eigenvalue weighted by molar-refractivity contribution is 5.38. The minimum absolute atomic E-state index is 0.138. The number of halogens is 3. The molecule has 1 aromatic rings. The van der Waals surface area contributed by atoms with Crippen molar-refractivity contribution in [2.45, 2.75) is 26.1 Å². The van der Waals surface area contributed by atoms with E-state index in [4.69, 9.17) is 15.7 Å². The van der Waals surface area contributed by atoms with Crippen molar-refractivity contribution in [2.24, 2.45) is 5.84 Å². The third kappa shape index (κ3) is 5.95. The molecular weight excluding hydrogens is 293 g/mol. The Morgan fingerprint density at radius 3 is 2.48 bits per heavy atom. The summed E-state index contributed by atoms with van der Waals surface area (Å²) in [6, 6.07) is -0.159. The fourth-order valence-electron chi connectivity index (χ4n) is 1.40. The first kappa shape index (κ1) is 17.2. The molecule has 0 saturated heterocycles. The van der Waals surface area contributed by atoms with Gasteiger partial charge in [0.15, 0.2) is 0 Å². The minimum Gasteiger partial charge on any atom is -0.461 e. The number of hydrogen-bond donors (Lipinski definition) is 3. The summed E-state index contributed by atoms with van der Waals surface area (Å²) in [5.41, 5.74) is 2.13. The molecule has 21 heavy (non-hydrogen) atoms. The van der Waals surface area contributed by atoms with Crippen LogP contribution in [0.2, 0.25) is 0 Å². The zero-order chi connectivity index (χ0) is 16.0. The van der Waals surface area contributed by atoms with E-state index in [-0.39, 0.29) is 30.6 Å². The molecule has 0 aliphatic heterocycles. The van der Waals surface area contributed by atoms with E-state index >= 15 is 0 Å². The molecule has 4 N–H and O–H groups in total. The van der Waals surface area contributed by atoms with E-state index in [1.165, 1.54) is 0 Å². The molecule has 1 heterocycles. The van der Waals surface area contributed by atoms with Crippen molar-refractivity contribution in [3.05, 3.63) is 0 Å². The molecule has 0 aliphatic rings. The van der Waals surface area contributed by atoms with Crippen molar-refractivity contribution in [2.75, 3.05) is 30.0 Å². The zero-order valence-electron chi connectivity index (χ0n) is 11.6. The number of aliphatic hydroxyl groups is 1. The highest BCUT2D eigenvalue weighted by Gasteiger charge is 2.32. The van der Waals surface area contributed by atoms with Crippen molar-refractivity contribution in [1.82, 2.24) is 15.0 Å². The predicted octanol–water partition coefficient (Wildman–Crippen LogP) is 0.305. The molecule has 0 fully saturated rings. The Bertz CT molecular complexity index is 457. The first-order valence-corrected chi connectivity index (χ1v) is 6.07. The summed E-state index contributed by atoms with van der Waals surface area (Å²) in [6.45, 7) is 1.31. The van der Waals surface area contributed by atoms with Gasteiger partial charge >= 0.3 is 12.2 Å². The smallest absolute Gasteiger partial charge is 0.406 e. The number of nitrogens with two attached hydrogens (primary N) is 1. The molecule has 120 valence electrons. The fraction of sp³-hybridized carbons (Fsp3) is 0.700. The minimum atomic E-state index is -4.48. The first-order valence-electron chi connectivity index (χ1n) is 6.07. The van der Waals surface area contributed by atoms with Gasteiger partial charge in [-0.3, -0.25) is 5.43 Å². The summed E-state index contributed by atoms with van der Waals surface area (Å²) in [5.74, 6) is 4.74. The zero-order valence-corrected chi connectivity index (χ0v) is 11.6. The molecule has 0 aromatic carbocycles. The summed E-state index contributed by atoms with van der Waals surface area (Å²) < 4.78 is 42.9. The van der Waals surface area contributed by atoms with Gasteiger partial charge in [-0.2, -0.15) is 28.1 Å². The molecule has 0 saturated carbocycles. The SMILES string of the molecule is CC(C)Oc1nc(NN)nc(N(CCO)CC(F)(F)F)n1. The topological polar surface area (TPSA) is 109 Å². The second kappa shape index (κ2) is 7.22. The Balaban J connectivity index is 3.10. The van der Waals surface area contributed by atoms with E-state index in [9.17, 15) is 13.2 Å². The first-order chi connectivity index (χ1) is 9.75.